The zero-order valence-corrected chi connectivity index (χ0v) is 13.3. The molecule has 2 aliphatic heterocycles. The van der Waals surface area contributed by atoms with Crippen molar-refractivity contribution in [3.05, 3.63) is 0 Å². The highest BCUT2D eigenvalue weighted by Crippen LogP contribution is 2.49. The summed E-state index contributed by atoms with van der Waals surface area (Å²) in [6.45, 7) is 3.79. The second kappa shape index (κ2) is 5.21. The maximum absolute atomic E-state index is 12.7. The highest BCUT2D eigenvalue weighted by molar-refractivity contribution is 7.86. The third kappa shape index (κ3) is 2.39. The lowest BCUT2D eigenvalue weighted by atomic mass is 9.81. The zero-order valence-electron chi connectivity index (χ0n) is 12.5. The average molecular weight is 316 g/mol. The van der Waals surface area contributed by atoms with Gasteiger partial charge in [0.15, 0.2) is 0 Å². The number of rotatable bonds is 3. The van der Waals surface area contributed by atoms with Crippen LogP contribution >= 0.6 is 0 Å². The first-order valence-corrected chi connectivity index (χ1v) is 9.24. The third-order valence-corrected chi connectivity index (χ3v) is 7.61. The van der Waals surface area contributed by atoms with Crippen molar-refractivity contribution < 1.29 is 18.3 Å². The van der Waals surface area contributed by atoms with Crippen molar-refractivity contribution in [1.29, 1.82) is 0 Å². The summed E-state index contributed by atoms with van der Waals surface area (Å²) in [6, 6.07) is 0. The van der Waals surface area contributed by atoms with Gasteiger partial charge >= 0.3 is 5.97 Å². The first-order chi connectivity index (χ1) is 9.86. The van der Waals surface area contributed by atoms with Crippen LogP contribution in [0, 0.1) is 17.3 Å². The minimum absolute atomic E-state index is 0.0199. The highest BCUT2D eigenvalue weighted by atomic mass is 32.2. The number of carbonyl (C=O) groups is 1. The second-order valence-electron chi connectivity index (χ2n) is 6.93. The maximum Gasteiger partial charge on any atom is 0.311 e. The van der Waals surface area contributed by atoms with Gasteiger partial charge in [-0.1, -0.05) is 13.3 Å². The Morgan fingerprint density at radius 3 is 2.43 bits per heavy atom. The molecule has 6 nitrogen and oxygen atoms in total. The molecule has 7 heteroatoms. The van der Waals surface area contributed by atoms with Crippen LogP contribution in [0.15, 0.2) is 0 Å². The molecule has 120 valence electrons. The van der Waals surface area contributed by atoms with Crippen molar-refractivity contribution in [2.75, 3.05) is 26.2 Å². The smallest absolute Gasteiger partial charge is 0.311 e. The molecule has 1 aliphatic carbocycles. The Labute approximate surface area is 126 Å². The normalized spacial score (nSPS) is 36.0. The van der Waals surface area contributed by atoms with Crippen LogP contribution in [0.3, 0.4) is 0 Å². The summed E-state index contributed by atoms with van der Waals surface area (Å²) in [5.41, 5.74) is -0.837. The van der Waals surface area contributed by atoms with E-state index in [1.165, 1.54) is 4.31 Å². The van der Waals surface area contributed by atoms with Crippen LogP contribution in [-0.2, 0) is 15.0 Å². The maximum atomic E-state index is 12.7. The number of fused-ring (bicyclic) bond motifs is 1. The van der Waals surface area contributed by atoms with Crippen LogP contribution in [0.25, 0.3) is 0 Å². The molecule has 21 heavy (non-hydrogen) atoms. The third-order valence-electron chi connectivity index (χ3n) is 5.66. The first kappa shape index (κ1) is 15.2. The molecule has 2 heterocycles. The Hall–Kier alpha value is -0.660. The molecule has 1 N–H and O–H groups in total. The summed E-state index contributed by atoms with van der Waals surface area (Å²) in [4.78, 5) is 11.7. The molecule has 3 rings (SSSR count). The quantitative estimate of drug-likeness (QED) is 0.847. The Balaban J connectivity index is 1.77. The summed E-state index contributed by atoms with van der Waals surface area (Å²) in [6.07, 6.45) is 4.11. The molecule has 2 atom stereocenters. The standard InChI is InChI=1S/C14H24N2O4S/c1-11-4-7-15(8-5-11)21(19,20)16-9-12-3-2-6-14(12,10-16)13(17)18/h11-12H,2-10H2,1H3,(H,17,18)/t12-,14+/m0/s1. The van der Waals surface area contributed by atoms with Crippen LogP contribution in [0.4, 0.5) is 0 Å². The largest absolute Gasteiger partial charge is 0.481 e. The second-order valence-corrected chi connectivity index (χ2v) is 8.86. The Kier molecular flexibility index (Phi) is 3.78. The van der Waals surface area contributed by atoms with Crippen LogP contribution in [0.1, 0.15) is 39.0 Å². The molecule has 0 aromatic carbocycles. The number of carboxylic acids is 1. The van der Waals surface area contributed by atoms with E-state index in [0.717, 1.165) is 25.7 Å². The van der Waals surface area contributed by atoms with Gasteiger partial charge in [-0.25, -0.2) is 0 Å². The molecule has 2 saturated heterocycles. The summed E-state index contributed by atoms with van der Waals surface area (Å²) >= 11 is 0. The van der Waals surface area contributed by atoms with Gasteiger partial charge in [0, 0.05) is 26.2 Å². The van der Waals surface area contributed by atoms with Crippen molar-refractivity contribution in [1.82, 2.24) is 8.61 Å². The van der Waals surface area contributed by atoms with Crippen molar-refractivity contribution >= 4 is 16.2 Å². The fourth-order valence-electron chi connectivity index (χ4n) is 4.15. The summed E-state index contributed by atoms with van der Waals surface area (Å²) in [7, 11) is -3.50. The number of carboxylic acid groups (broad SMARTS) is 1. The molecular formula is C14H24N2O4S. The predicted octanol–water partition coefficient (Wildman–Crippen LogP) is 1.15. The molecule has 0 unspecified atom stereocenters. The first-order valence-electron chi connectivity index (χ1n) is 7.85. The molecule has 0 bridgehead atoms. The predicted molar refractivity (Wildman–Crippen MR) is 77.9 cm³/mol. The lowest BCUT2D eigenvalue weighted by molar-refractivity contribution is -0.149. The molecular weight excluding hydrogens is 292 g/mol. The molecule has 0 aromatic rings. The number of nitrogens with zero attached hydrogens (tertiary/aromatic N) is 2. The molecule has 3 aliphatic rings. The van der Waals surface area contributed by atoms with Gasteiger partial charge in [-0.3, -0.25) is 4.79 Å². The summed E-state index contributed by atoms with van der Waals surface area (Å²) < 4.78 is 28.5. The van der Waals surface area contributed by atoms with Gasteiger partial charge in [-0.15, -0.1) is 0 Å². The average Bonchev–Trinajstić information content (AvgIpc) is 2.96. The topological polar surface area (TPSA) is 77.9 Å². The number of hydrogen-bond donors (Lipinski definition) is 1. The van der Waals surface area contributed by atoms with Gasteiger partial charge in [-0.05, 0) is 37.5 Å². The van der Waals surface area contributed by atoms with Crippen molar-refractivity contribution in [2.45, 2.75) is 39.0 Å². The summed E-state index contributed by atoms with van der Waals surface area (Å²) in [5.74, 6) is -0.275. The fraction of sp³-hybridized carbons (Fsp3) is 0.929. The monoisotopic (exact) mass is 316 g/mol. The molecule has 0 aromatic heterocycles. The van der Waals surface area contributed by atoms with E-state index >= 15 is 0 Å². The Bertz CT molecular complexity index is 527. The number of hydrogen-bond acceptors (Lipinski definition) is 3. The van der Waals surface area contributed by atoms with E-state index in [-0.39, 0.29) is 12.5 Å². The fourth-order valence-corrected chi connectivity index (χ4v) is 5.91. The van der Waals surface area contributed by atoms with Gasteiger partial charge < -0.3 is 5.11 Å². The Morgan fingerprint density at radius 2 is 1.86 bits per heavy atom. The van der Waals surface area contributed by atoms with E-state index in [0.29, 0.717) is 32.0 Å². The van der Waals surface area contributed by atoms with Gasteiger partial charge in [0.1, 0.15) is 0 Å². The zero-order chi connectivity index (χ0) is 15.3. The number of aliphatic carboxylic acids is 1. The van der Waals surface area contributed by atoms with Gasteiger partial charge in [0.2, 0.25) is 0 Å². The molecule has 0 radical (unpaired) electrons. The molecule has 3 fully saturated rings. The van der Waals surface area contributed by atoms with Crippen LogP contribution in [0.5, 0.6) is 0 Å². The number of piperidine rings is 1. The van der Waals surface area contributed by atoms with Gasteiger partial charge in [0.25, 0.3) is 10.2 Å². The van der Waals surface area contributed by atoms with E-state index in [9.17, 15) is 18.3 Å². The lowest BCUT2D eigenvalue weighted by Gasteiger charge is -2.33. The minimum Gasteiger partial charge on any atom is -0.481 e. The minimum atomic E-state index is -3.50. The van der Waals surface area contributed by atoms with Crippen molar-refractivity contribution in [3.63, 3.8) is 0 Å². The SMILES string of the molecule is CC1CCN(S(=O)(=O)N2C[C@@H]3CCC[C@@]3(C(=O)O)C2)CC1. The molecule has 0 amide bonds. The molecule has 0 spiro atoms. The molecule has 1 saturated carbocycles. The van der Waals surface area contributed by atoms with E-state index < -0.39 is 21.6 Å². The van der Waals surface area contributed by atoms with Crippen LogP contribution in [-0.4, -0.2) is 54.3 Å². The van der Waals surface area contributed by atoms with E-state index in [1.807, 2.05) is 0 Å². The lowest BCUT2D eigenvalue weighted by Crippen LogP contribution is -2.47. The Morgan fingerprint density at radius 1 is 1.19 bits per heavy atom. The van der Waals surface area contributed by atoms with Crippen LogP contribution < -0.4 is 0 Å². The van der Waals surface area contributed by atoms with E-state index in [2.05, 4.69) is 6.92 Å². The van der Waals surface area contributed by atoms with Crippen molar-refractivity contribution in [3.8, 4) is 0 Å². The van der Waals surface area contributed by atoms with Crippen molar-refractivity contribution in [2.24, 2.45) is 17.3 Å². The van der Waals surface area contributed by atoms with Crippen LogP contribution in [0.2, 0.25) is 0 Å². The summed E-state index contributed by atoms with van der Waals surface area (Å²) in [5, 5.41) is 9.57. The van der Waals surface area contributed by atoms with Gasteiger partial charge in [0.05, 0.1) is 5.41 Å². The van der Waals surface area contributed by atoms with E-state index in [1.54, 1.807) is 4.31 Å². The van der Waals surface area contributed by atoms with E-state index in [4.69, 9.17) is 0 Å². The van der Waals surface area contributed by atoms with Gasteiger partial charge in [-0.2, -0.15) is 17.0 Å². The highest BCUT2D eigenvalue weighted by Gasteiger charge is 2.57.